The van der Waals surface area contributed by atoms with Crippen molar-refractivity contribution in [2.45, 2.75) is 20.8 Å². The predicted molar refractivity (Wildman–Crippen MR) is 68.0 cm³/mol. The maximum atomic E-state index is 11.5. The topological polar surface area (TPSA) is 52.3 Å². The van der Waals surface area contributed by atoms with Gasteiger partial charge in [0, 0.05) is 0 Å². The van der Waals surface area contributed by atoms with Gasteiger partial charge in [0.05, 0.1) is 24.4 Å². The van der Waals surface area contributed by atoms with E-state index in [1.54, 1.807) is 7.11 Å². The van der Waals surface area contributed by atoms with E-state index in [-0.39, 0.29) is 5.78 Å². The summed E-state index contributed by atoms with van der Waals surface area (Å²) in [4.78, 5) is 11.5. The van der Waals surface area contributed by atoms with Crippen molar-refractivity contribution in [3.05, 3.63) is 35.0 Å². The molecule has 0 N–H and O–H groups in total. The highest BCUT2D eigenvalue weighted by molar-refractivity contribution is 5.99. The average molecular weight is 245 g/mol. The van der Waals surface area contributed by atoms with Crippen LogP contribution in [0.15, 0.2) is 22.9 Å². The zero-order valence-electron chi connectivity index (χ0n) is 10.9. The molecular weight excluding hydrogens is 230 g/mol. The van der Waals surface area contributed by atoms with Gasteiger partial charge in [0.1, 0.15) is 5.75 Å². The minimum absolute atomic E-state index is 0.0764. The van der Waals surface area contributed by atoms with E-state index in [9.17, 15) is 4.79 Å². The van der Waals surface area contributed by atoms with Crippen LogP contribution in [0.25, 0.3) is 11.3 Å². The highest BCUT2D eigenvalue weighted by atomic mass is 16.5. The number of ether oxygens (including phenoxy) is 1. The Kier molecular flexibility index (Phi) is 3.19. The predicted octanol–water partition coefficient (Wildman–Crippen LogP) is 3.17. The summed E-state index contributed by atoms with van der Waals surface area (Å²) in [7, 11) is 1.60. The van der Waals surface area contributed by atoms with Crippen molar-refractivity contribution in [2.24, 2.45) is 0 Å². The van der Waals surface area contributed by atoms with Crippen molar-refractivity contribution in [3.63, 3.8) is 0 Å². The molecule has 0 unspecified atom stereocenters. The molecule has 0 saturated heterocycles. The van der Waals surface area contributed by atoms with E-state index < -0.39 is 0 Å². The van der Waals surface area contributed by atoms with Crippen LogP contribution in [0, 0.1) is 13.8 Å². The number of aryl methyl sites for hydroxylation is 2. The summed E-state index contributed by atoms with van der Waals surface area (Å²) in [6.45, 7) is 5.43. The first-order valence-corrected chi connectivity index (χ1v) is 5.65. The van der Waals surface area contributed by atoms with E-state index in [2.05, 4.69) is 5.16 Å². The van der Waals surface area contributed by atoms with E-state index in [0.717, 1.165) is 16.7 Å². The third-order valence-corrected chi connectivity index (χ3v) is 2.82. The van der Waals surface area contributed by atoms with Gasteiger partial charge in [-0.2, -0.15) is 0 Å². The van der Waals surface area contributed by atoms with E-state index >= 15 is 0 Å². The lowest BCUT2D eigenvalue weighted by Gasteiger charge is -2.11. The van der Waals surface area contributed by atoms with Crippen LogP contribution in [0.2, 0.25) is 0 Å². The van der Waals surface area contributed by atoms with Crippen LogP contribution in [0.4, 0.5) is 0 Å². The van der Waals surface area contributed by atoms with Crippen LogP contribution in [0.1, 0.15) is 28.4 Å². The minimum Gasteiger partial charge on any atom is -0.496 e. The zero-order chi connectivity index (χ0) is 13.3. The zero-order valence-corrected chi connectivity index (χ0v) is 10.9. The van der Waals surface area contributed by atoms with Crippen LogP contribution in [-0.2, 0) is 0 Å². The van der Waals surface area contributed by atoms with Crippen molar-refractivity contribution >= 4 is 5.78 Å². The van der Waals surface area contributed by atoms with E-state index in [1.165, 1.54) is 13.1 Å². The fourth-order valence-electron chi connectivity index (χ4n) is 2.08. The molecule has 4 nitrogen and oxygen atoms in total. The molecule has 18 heavy (non-hydrogen) atoms. The number of Topliss-reactive ketones (excluding diaryl/α,β-unsaturated/α-hetero) is 1. The Bertz CT molecular complexity index is 599. The number of benzene rings is 1. The lowest BCUT2D eigenvalue weighted by molar-refractivity contribution is 0.101. The number of hydrogen-bond acceptors (Lipinski definition) is 4. The Morgan fingerprint density at radius 1 is 1.33 bits per heavy atom. The van der Waals surface area contributed by atoms with E-state index in [1.807, 2.05) is 26.0 Å². The summed E-state index contributed by atoms with van der Waals surface area (Å²) in [5.41, 5.74) is 3.31. The van der Waals surface area contributed by atoms with Gasteiger partial charge >= 0.3 is 0 Å². The smallest absolute Gasteiger partial charge is 0.181 e. The Hall–Kier alpha value is -2.10. The molecule has 0 fully saturated rings. The Labute approximate surface area is 106 Å². The van der Waals surface area contributed by atoms with Gasteiger partial charge in [-0.05, 0) is 38.0 Å². The van der Waals surface area contributed by atoms with Gasteiger partial charge in [-0.15, -0.1) is 0 Å². The second kappa shape index (κ2) is 4.64. The van der Waals surface area contributed by atoms with Crippen LogP contribution in [0.5, 0.6) is 5.75 Å². The Balaban J connectivity index is 2.70. The van der Waals surface area contributed by atoms with Crippen LogP contribution in [-0.4, -0.2) is 18.0 Å². The molecule has 0 aliphatic heterocycles. The number of rotatable bonds is 3. The average Bonchev–Trinajstić information content (AvgIpc) is 2.76. The molecule has 1 heterocycles. The minimum atomic E-state index is -0.0764. The van der Waals surface area contributed by atoms with Crippen LogP contribution < -0.4 is 4.74 Å². The first-order valence-electron chi connectivity index (χ1n) is 5.65. The number of aromatic nitrogens is 1. The summed E-state index contributed by atoms with van der Waals surface area (Å²) >= 11 is 0. The normalized spacial score (nSPS) is 10.4. The summed E-state index contributed by atoms with van der Waals surface area (Å²) in [6, 6.07) is 3.95. The number of methoxy groups -OCH3 is 1. The van der Waals surface area contributed by atoms with E-state index in [4.69, 9.17) is 9.26 Å². The molecule has 0 bridgehead atoms. The number of hydrogen-bond donors (Lipinski definition) is 0. The van der Waals surface area contributed by atoms with Crippen molar-refractivity contribution in [2.75, 3.05) is 7.11 Å². The van der Waals surface area contributed by atoms with Crippen molar-refractivity contribution in [3.8, 4) is 17.1 Å². The van der Waals surface area contributed by atoms with Gasteiger partial charge in [0.2, 0.25) is 0 Å². The highest BCUT2D eigenvalue weighted by Crippen LogP contribution is 2.35. The second-order valence-corrected chi connectivity index (χ2v) is 4.29. The first-order chi connectivity index (χ1) is 8.54. The summed E-state index contributed by atoms with van der Waals surface area (Å²) in [5.74, 6) is 1.10. The number of carbonyl (C=O) groups excluding carboxylic acids is 1. The molecule has 2 aromatic rings. The monoisotopic (exact) mass is 245 g/mol. The number of nitrogens with zero attached hydrogens (tertiary/aromatic N) is 1. The fourth-order valence-corrected chi connectivity index (χ4v) is 2.08. The molecule has 0 aliphatic rings. The largest absolute Gasteiger partial charge is 0.496 e. The molecular formula is C14H15NO3. The van der Waals surface area contributed by atoms with E-state index in [0.29, 0.717) is 17.1 Å². The third kappa shape index (κ3) is 2.01. The molecule has 0 aliphatic carbocycles. The Morgan fingerprint density at radius 3 is 2.67 bits per heavy atom. The molecule has 4 heteroatoms. The summed E-state index contributed by atoms with van der Waals surface area (Å²) < 4.78 is 10.6. The molecule has 0 saturated carbocycles. The molecule has 1 aromatic carbocycles. The summed E-state index contributed by atoms with van der Waals surface area (Å²) in [5, 5.41) is 3.70. The number of carbonyl (C=O) groups is 1. The molecule has 94 valence electrons. The molecule has 1 aromatic heterocycles. The SMILES string of the molecule is COc1c(C)cc(C)cc1-c1oncc1C(C)=O. The molecule has 2 rings (SSSR count). The maximum Gasteiger partial charge on any atom is 0.181 e. The molecule has 0 atom stereocenters. The second-order valence-electron chi connectivity index (χ2n) is 4.29. The van der Waals surface area contributed by atoms with Gasteiger partial charge in [-0.1, -0.05) is 11.2 Å². The fraction of sp³-hybridized carbons (Fsp3) is 0.286. The molecule has 0 amide bonds. The summed E-state index contributed by atoms with van der Waals surface area (Å²) in [6.07, 6.45) is 1.44. The Morgan fingerprint density at radius 2 is 2.06 bits per heavy atom. The maximum absolute atomic E-state index is 11.5. The van der Waals surface area contributed by atoms with Crippen molar-refractivity contribution in [1.29, 1.82) is 0 Å². The highest BCUT2D eigenvalue weighted by Gasteiger charge is 2.19. The van der Waals surface area contributed by atoms with Crippen molar-refractivity contribution < 1.29 is 14.1 Å². The molecule has 0 radical (unpaired) electrons. The lowest BCUT2D eigenvalue weighted by atomic mass is 10.0. The van der Waals surface area contributed by atoms with Gasteiger partial charge in [0.15, 0.2) is 11.5 Å². The van der Waals surface area contributed by atoms with Gasteiger partial charge in [-0.25, -0.2) is 0 Å². The number of ketones is 1. The molecule has 0 spiro atoms. The standard InChI is InChI=1S/C14H15NO3/c1-8-5-9(2)13(17-4)11(6-8)14-12(10(3)16)7-15-18-14/h5-7H,1-4H3. The quantitative estimate of drug-likeness (QED) is 0.779. The first kappa shape index (κ1) is 12.4. The van der Waals surface area contributed by atoms with Gasteiger partial charge < -0.3 is 9.26 Å². The van der Waals surface area contributed by atoms with Gasteiger partial charge in [0.25, 0.3) is 0 Å². The van der Waals surface area contributed by atoms with Crippen LogP contribution in [0.3, 0.4) is 0 Å². The van der Waals surface area contributed by atoms with Crippen molar-refractivity contribution in [1.82, 2.24) is 5.16 Å². The third-order valence-electron chi connectivity index (χ3n) is 2.82. The van der Waals surface area contributed by atoms with Gasteiger partial charge in [-0.3, -0.25) is 4.79 Å². The lowest BCUT2D eigenvalue weighted by Crippen LogP contribution is -1.96. The van der Waals surface area contributed by atoms with Crippen LogP contribution >= 0.6 is 0 Å².